The molecule has 37 heavy (non-hydrogen) atoms. The summed E-state index contributed by atoms with van der Waals surface area (Å²) in [6.07, 6.45) is 0.676. The monoisotopic (exact) mass is 528 g/mol. The number of methoxy groups -OCH3 is 2. The van der Waals surface area contributed by atoms with Gasteiger partial charge >= 0.3 is 5.97 Å². The first-order valence-corrected chi connectivity index (χ1v) is 12.7. The Morgan fingerprint density at radius 1 is 1.05 bits per heavy atom. The van der Waals surface area contributed by atoms with Gasteiger partial charge in [-0.25, -0.2) is 17.6 Å². The van der Waals surface area contributed by atoms with Crippen LogP contribution < -0.4 is 19.1 Å². The summed E-state index contributed by atoms with van der Waals surface area (Å²) in [4.78, 5) is 27.1. The molecule has 1 N–H and O–H groups in total. The second kappa shape index (κ2) is 10.5. The van der Waals surface area contributed by atoms with E-state index >= 15 is 0 Å². The number of carbonyl (C=O) groups is 2. The number of sulfonamides is 1. The molecule has 1 unspecified atom stereocenters. The first-order chi connectivity index (χ1) is 17.7. The second-order valence-corrected chi connectivity index (χ2v) is 10.00. The Balaban J connectivity index is 1.59. The number of amides is 1. The molecule has 194 valence electrons. The standard InChI is InChI=1S/C26H25FN2O7S/c1-16-12-17-8-4-7-11-22(17)29(16)24(30)15-36-26(31)19-13-18(14-23(34-2)25(19)35-3)37(32,33)28-21-10-6-5-9-20(21)27/h4-11,13-14,16,28H,12,15H2,1-3H3. The van der Waals surface area contributed by atoms with E-state index in [1.807, 2.05) is 31.2 Å². The maximum absolute atomic E-state index is 14.1. The number of hydrogen-bond donors (Lipinski definition) is 1. The number of rotatable bonds is 8. The van der Waals surface area contributed by atoms with E-state index in [2.05, 4.69) is 4.72 Å². The highest BCUT2D eigenvalue weighted by Gasteiger charge is 2.32. The zero-order chi connectivity index (χ0) is 26.7. The first-order valence-electron chi connectivity index (χ1n) is 11.3. The minimum atomic E-state index is -4.34. The summed E-state index contributed by atoms with van der Waals surface area (Å²) >= 11 is 0. The van der Waals surface area contributed by atoms with Crippen LogP contribution in [0.5, 0.6) is 11.5 Å². The molecule has 1 amide bonds. The number of benzene rings is 3. The SMILES string of the molecule is COc1cc(S(=O)(=O)Nc2ccccc2F)cc(C(=O)OCC(=O)N2c3ccccc3CC2C)c1OC. The molecule has 0 aromatic heterocycles. The van der Waals surface area contributed by atoms with Crippen LogP contribution in [0.3, 0.4) is 0 Å². The molecule has 0 spiro atoms. The molecule has 0 saturated carbocycles. The van der Waals surface area contributed by atoms with Crippen LogP contribution in [0.25, 0.3) is 0 Å². The maximum atomic E-state index is 14.1. The zero-order valence-electron chi connectivity index (χ0n) is 20.4. The number of nitrogens with zero attached hydrogens (tertiary/aromatic N) is 1. The highest BCUT2D eigenvalue weighted by atomic mass is 32.2. The number of hydrogen-bond acceptors (Lipinski definition) is 7. The van der Waals surface area contributed by atoms with E-state index in [4.69, 9.17) is 14.2 Å². The summed E-state index contributed by atoms with van der Waals surface area (Å²) in [5.74, 6) is -2.35. The van der Waals surface area contributed by atoms with Crippen LogP contribution in [0.15, 0.2) is 65.6 Å². The van der Waals surface area contributed by atoms with Gasteiger partial charge in [0.1, 0.15) is 11.4 Å². The van der Waals surface area contributed by atoms with E-state index in [9.17, 15) is 22.4 Å². The second-order valence-electron chi connectivity index (χ2n) is 8.31. The Bertz CT molecular complexity index is 1460. The summed E-state index contributed by atoms with van der Waals surface area (Å²) in [7, 11) is -1.80. The Labute approximate surface area is 213 Å². The minimum absolute atomic E-state index is 0.0701. The van der Waals surface area contributed by atoms with E-state index in [1.54, 1.807) is 4.90 Å². The molecule has 1 aliphatic heterocycles. The number of para-hydroxylation sites is 2. The first kappa shape index (κ1) is 26.0. The van der Waals surface area contributed by atoms with Crippen molar-refractivity contribution in [2.45, 2.75) is 24.3 Å². The normalized spacial score (nSPS) is 14.6. The van der Waals surface area contributed by atoms with Crippen LogP contribution in [0.1, 0.15) is 22.8 Å². The highest BCUT2D eigenvalue weighted by Crippen LogP contribution is 2.36. The van der Waals surface area contributed by atoms with Gasteiger partial charge in [0.15, 0.2) is 18.1 Å². The van der Waals surface area contributed by atoms with Gasteiger partial charge in [0, 0.05) is 17.8 Å². The van der Waals surface area contributed by atoms with Crippen LogP contribution >= 0.6 is 0 Å². The lowest BCUT2D eigenvalue weighted by Crippen LogP contribution is -2.38. The molecular formula is C26H25FN2O7S. The molecule has 0 aliphatic carbocycles. The van der Waals surface area contributed by atoms with Crippen LogP contribution in [-0.2, 0) is 26.0 Å². The largest absolute Gasteiger partial charge is 0.493 e. The predicted octanol–water partition coefficient (Wildman–Crippen LogP) is 3.78. The third-order valence-corrected chi connectivity index (χ3v) is 7.25. The summed E-state index contributed by atoms with van der Waals surface area (Å²) in [6, 6.07) is 14.7. The van der Waals surface area contributed by atoms with E-state index < -0.39 is 39.2 Å². The van der Waals surface area contributed by atoms with Crippen molar-refractivity contribution in [3.63, 3.8) is 0 Å². The highest BCUT2D eigenvalue weighted by molar-refractivity contribution is 7.92. The number of anilines is 2. The molecule has 3 aromatic carbocycles. The Morgan fingerprint density at radius 2 is 1.76 bits per heavy atom. The summed E-state index contributed by atoms with van der Waals surface area (Å²) in [5.41, 5.74) is 1.22. The Morgan fingerprint density at radius 3 is 2.46 bits per heavy atom. The van der Waals surface area contributed by atoms with Crippen molar-refractivity contribution in [3.8, 4) is 11.5 Å². The van der Waals surface area contributed by atoms with Gasteiger partial charge in [0.05, 0.1) is 24.8 Å². The van der Waals surface area contributed by atoms with Crippen molar-refractivity contribution in [1.82, 2.24) is 0 Å². The molecule has 3 aromatic rings. The van der Waals surface area contributed by atoms with Crippen molar-refractivity contribution in [2.24, 2.45) is 0 Å². The fourth-order valence-corrected chi connectivity index (χ4v) is 5.32. The van der Waals surface area contributed by atoms with Crippen LogP contribution in [0, 0.1) is 5.82 Å². The van der Waals surface area contributed by atoms with Gasteiger partial charge in [-0.2, -0.15) is 0 Å². The molecule has 1 atom stereocenters. The van der Waals surface area contributed by atoms with Crippen LogP contribution in [0.2, 0.25) is 0 Å². The number of halogens is 1. The van der Waals surface area contributed by atoms with E-state index in [-0.39, 0.29) is 28.8 Å². The Hall–Kier alpha value is -4.12. The van der Waals surface area contributed by atoms with Gasteiger partial charge in [0.25, 0.3) is 15.9 Å². The van der Waals surface area contributed by atoms with Gasteiger partial charge in [-0.05, 0) is 43.2 Å². The molecule has 0 bridgehead atoms. The number of esters is 1. The van der Waals surface area contributed by atoms with Gasteiger partial charge in [-0.15, -0.1) is 0 Å². The number of fused-ring (bicyclic) bond motifs is 1. The number of nitrogens with one attached hydrogen (secondary N) is 1. The minimum Gasteiger partial charge on any atom is -0.493 e. The fourth-order valence-electron chi connectivity index (χ4n) is 4.21. The quantitative estimate of drug-likeness (QED) is 0.443. The third kappa shape index (κ3) is 5.21. The molecule has 11 heteroatoms. The van der Waals surface area contributed by atoms with E-state index in [0.29, 0.717) is 6.42 Å². The van der Waals surface area contributed by atoms with Crippen molar-refractivity contribution in [2.75, 3.05) is 30.4 Å². The molecule has 4 rings (SSSR count). The summed E-state index contributed by atoms with van der Waals surface area (Å²) < 4.78 is 58.0. The summed E-state index contributed by atoms with van der Waals surface area (Å²) in [6.45, 7) is 1.32. The average molecular weight is 529 g/mol. The predicted molar refractivity (Wildman–Crippen MR) is 134 cm³/mol. The van der Waals surface area contributed by atoms with Gasteiger partial charge in [-0.1, -0.05) is 30.3 Å². The lowest BCUT2D eigenvalue weighted by atomic mass is 10.1. The number of ether oxygens (including phenoxy) is 3. The van der Waals surface area contributed by atoms with Crippen LogP contribution in [0.4, 0.5) is 15.8 Å². The Kier molecular flexibility index (Phi) is 7.35. The van der Waals surface area contributed by atoms with E-state index in [1.165, 1.54) is 32.4 Å². The zero-order valence-corrected chi connectivity index (χ0v) is 21.2. The van der Waals surface area contributed by atoms with Gasteiger partial charge < -0.3 is 19.1 Å². The van der Waals surface area contributed by atoms with Gasteiger partial charge in [-0.3, -0.25) is 9.52 Å². The van der Waals surface area contributed by atoms with Crippen molar-refractivity contribution < 1.29 is 36.6 Å². The smallest absolute Gasteiger partial charge is 0.342 e. The van der Waals surface area contributed by atoms with Crippen molar-refractivity contribution >= 4 is 33.3 Å². The number of carbonyl (C=O) groups excluding carboxylic acids is 2. The molecule has 0 saturated heterocycles. The van der Waals surface area contributed by atoms with Crippen molar-refractivity contribution in [1.29, 1.82) is 0 Å². The molecule has 9 nitrogen and oxygen atoms in total. The van der Waals surface area contributed by atoms with Crippen LogP contribution in [-0.4, -0.2) is 47.2 Å². The molecule has 0 radical (unpaired) electrons. The molecule has 0 fully saturated rings. The van der Waals surface area contributed by atoms with Gasteiger partial charge in [0.2, 0.25) is 0 Å². The summed E-state index contributed by atoms with van der Waals surface area (Å²) in [5, 5.41) is 0. The van der Waals surface area contributed by atoms with E-state index in [0.717, 1.165) is 29.4 Å². The topological polar surface area (TPSA) is 111 Å². The lowest BCUT2D eigenvalue weighted by Gasteiger charge is -2.22. The molecule has 1 heterocycles. The fraction of sp³-hybridized carbons (Fsp3) is 0.231. The van der Waals surface area contributed by atoms with Crippen molar-refractivity contribution in [3.05, 3.63) is 77.6 Å². The molecule has 1 aliphatic rings. The molecular weight excluding hydrogens is 503 g/mol. The average Bonchev–Trinajstić information content (AvgIpc) is 3.23. The maximum Gasteiger partial charge on any atom is 0.342 e. The lowest BCUT2D eigenvalue weighted by molar-refractivity contribution is -0.122. The third-order valence-electron chi connectivity index (χ3n) is 5.90.